The molecule has 0 fully saturated rings. The average molecular weight is 222 g/mol. The van der Waals surface area contributed by atoms with Gasteiger partial charge in [0.05, 0.1) is 13.7 Å². The molecule has 0 amide bonds. The molecule has 1 rings (SSSR count). The van der Waals surface area contributed by atoms with Gasteiger partial charge in [-0.1, -0.05) is 32.4 Å². The van der Waals surface area contributed by atoms with Crippen molar-refractivity contribution >= 4 is 0 Å². The highest BCUT2D eigenvalue weighted by Crippen LogP contribution is 2.13. The lowest BCUT2D eigenvalue weighted by molar-refractivity contribution is 0.0893. The fourth-order valence-electron chi connectivity index (χ4n) is 1.68. The predicted molar refractivity (Wildman–Crippen MR) is 66.7 cm³/mol. The molecule has 1 aromatic carbocycles. The topological polar surface area (TPSA) is 18.5 Å². The number of ether oxygens (including phenoxy) is 2. The monoisotopic (exact) mass is 222 g/mol. The zero-order chi connectivity index (χ0) is 11.8. The van der Waals surface area contributed by atoms with Crippen LogP contribution in [0.4, 0.5) is 0 Å². The second-order valence-corrected chi connectivity index (χ2v) is 4.26. The van der Waals surface area contributed by atoms with E-state index in [0.29, 0.717) is 12.5 Å². The van der Waals surface area contributed by atoms with Gasteiger partial charge in [-0.15, -0.1) is 0 Å². The molecule has 0 unspecified atom stereocenters. The second-order valence-electron chi connectivity index (χ2n) is 4.26. The first-order valence-corrected chi connectivity index (χ1v) is 5.97. The molecule has 90 valence electrons. The van der Waals surface area contributed by atoms with Crippen LogP contribution in [0.3, 0.4) is 0 Å². The first-order valence-electron chi connectivity index (χ1n) is 5.97. The third kappa shape index (κ3) is 4.67. The smallest absolute Gasteiger partial charge is 0.118 e. The van der Waals surface area contributed by atoms with Crippen LogP contribution in [0.1, 0.15) is 32.3 Å². The zero-order valence-electron chi connectivity index (χ0n) is 10.5. The van der Waals surface area contributed by atoms with Crippen LogP contribution in [-0.2, 0) is 11.3 Å². The van der Waals surface area contributed by atoms with Crippen LogP contribution in [0.25, 0.3) is 0 Å². The lowest BCUT2D eigenvalue weighted by Gasteiger charge is -2.10. The minimum absolute atomic E-state index is 0.656. The van der Waals surface area contributed by atoms with Crippen LogP contribution in [0.15, 0.2) is 24.3 Å². The van der Waals surface area contributed by atoms with Crippen molar-refractivity contribution in [3.8, 4) is 5.75 Å². The van der Waals surface area contributed by atoms with Crippen LogP contribution in [0.5, 0.6) is 5.75 Å². The molecule has 0 aliphatic carbocycles. The van der Waals surface area contributed by atoms with Gasteiger partial charge in [-0.2, -0.15) is 0 Å². The van der Waals surface area contributed by atoms with Gasteiger partial charge in [-0.3, -0.25) is 0 Å². The molecule has 0 aromatic heterocycles. The fraction of sp³-hybridized carbons (Fsp3) is 0.571. The van der Waals surface area contributed by atoms with E-state index in [1.54, 1.807) is 7.11 Å². The summed E-state index contributed by atoms with van der Waals surface area (Å²) in [5.41, 5.74) is 1.20. The number of benzene rings is 1. The summed E-state index contributed by atoms with van der Waals surface area (Å²) in [6, 6.07) is 8.02. The molecule has 1 atom stereocenters. The molecule has 0 radical (unpaired) electrons. The molecule has 0 aliphatic heterocycles. The van der Waals surface area contributed by atoms with E-state index in [9.17, 15) is 0 Å². The highest BCUT2D eigenvalue weighted by atomic mass is 16.5. The SMILES string of the molecule is CCC[C@@H](C)COCc1ccc(OC)cc1. The van der Waals surface area contributed by atoms with Crippen LogP contribution < -0.4 is 4.74 Å². The Labute approximate surface area is 98.6 Å². The molecule has 0 N–H and O–H groups in total. The van der Waals surface area contributed by atoms with Gasteiger partial charge in [-0.05, 0) is 30.0 Å². The van der Waals surface area contributed by atoms with E-state index < -0.39 is 0 Å². The maximum atomic E-state index is 5.67. The van der Waals surface area contributed by atoms with Gasteiger partial charge in [0, 0.05) is 6.61 Å². The van der Waals surface area contributed by atoms with E-state index in [0.717, 1.165) is 12.4 Å². The third-order valence-electron chi connectivity index (χ3n) is 2.61. The molecule has 0 heterocycles. The van der Waals surface area contributed by atoms with Crippen molar-refractivity contribution in [2.24, 2.45) is 5.92 Å². The molecule has 0 saturated heterocycles. The predicted octanol–water partition coefficient (Wildman–Crippen LogP) is 3.65. The lowest BCUT2D eigenvalue weighted by atomic mass is 10.1. The van der Waals surface area contributed by atoms with E-state index in [4.69, 9.17) is 9.47 Å². The van der Waals surface area contributed by atoms with Crippen LogP contribution >= 0.6 is 0 Å². The summed E-state index contributed by atoms with van der Waals surface area (Å²) in [6.07, 6.45) is 2.47. The summed E-state index contributed by atoms with van der Waals surface area (Å²) in [6.45, 7) is 5.98. The van der Waals surface area contributed by atoms with Gasteiger partial charge < -0.3 is 9.47 Å². The minimum atomic E-state index is 0.656. The zero-order valence-corrected chi connectivity index (χ0v) is 10.5. The van der Waals surface area contributed by atoms with E-state index in [-0.39, 0.29) is 0 Å². The summed E-state index contributed by atoms with van der Waals surface area (Å²) in [7, 11) is 1.68. The van der Waals surface area contributed by atoms with Crippen molar-refractivity contribution in [1.29, 1.82) is 0 Å². The molecular weight excluding hydrogens is 200 g/mol. The Balaban J connectivity index is 2.26. The van der Waals surface area contributed by atoms with Gasteiger partial charge in [0.1, 0.15) is 5.75 Å². The normalized spacial score (nSPS) is 12.4. The molecule has 0 saturated carbocycles. The molecule has 0 spiro atoms. The Hall–Kier alpha value is -1.02. The van der Waals surface area contributed by atoms with Crippen molar-refractivity contribution in [3.05, 3.63) is 29.8 Å². The Morgan fingerprint density at radius 1 is 1.19 bits per heavy atom. The molecule has 0 aliphatic rings. The van der Waals surface area contributed by atoms with Crippen LogP contribution in [0.2, 0.25) is 0 Å². The van der Waals surface area contributed by atoms with Crippen molar-refractivity contribution < 1.29 is 9.47 Å². The largest absolute Gasteiger partial charge is 0.497 e. The second kappa shape index (κ2) is 7.29. The Morgan fingerprint density at radius 3 is 2.44 bits per heavy atom. The Bertz CT molecular complexity index is 279. The average Bonchev–Trinajstić information content (AvgIpc) is 2.30. The molecule has 0 bridgehead atoms. The summed E-state index contributed by atoms with van der Waals surface area (Å²) < 4.78 is 10.8. The Morgan fingerprint density at radius 2 is 1.88 bits per heavy atom. The van der Waals surface area contributed by atoms with E-state index in [2.05, 4.69) is 13.8 Å². The summed E-state index contributed by atoms with van der Waals surface area (Å²) in [5, 5.41) is 0. The van der Waals surface area contributed by atoms with Crippen molar-refractivity contribution in [3.63, 3.8) is 0 Å². The lowest BCUT2D eigenvalue weighted by Crippen LogP contribution is -2.05. The first-order chi connectivity index (χ1) is 7.76. The molecular formula is C14H22O2. The number of methoxy groups -OCH3 is 1. The minimum Gasteiger partial charge on any atom is -0.497 e. The van der Waals surface area contributed by atoms with E-state index >= 15 is 0 Å². The summed E-state index contributed by atoms with van der Waals surface area (Å²) >= 11 is 0. The summed E-state index contributed by atoms with van der Waals surface area (Å²) in [4.78, 5) is 0. The maximum Gasteiger partial charge on any atom is 0.118 e. The number of hydrogen-bond donors (Lipinski definition) is 0. The third-order valence-corrected chi connectivity index (χ3v) is 2.61. The standard InChI is InChI=1S/C14H22O2/c1-4-5-12(2)10-16-11-13-6-8-14(15-3)9-7-13/h6-9,12H,4-5,10-11H2,1-3H3/t12-/m1/s1. The Kier molecular flexibility index (Phi) is 5.94. The maximum absolute atomic E-state index is 5.67. The van der Waals surface area contributed by atoms with E-state index in [1.165, 1.54) is 18.4 Å². The molecule has 16 heavy (non-hydrogen) atoms. The van der Waals surface area contributed by atoms with Gasteiger partial charge in [-0.25, -0.2) is 0 Å². The number of hydrogen-bond acceptors (Lipinski definition) is 2. The van der Waals surface area contributed by atoms with Gasteiger partial charge in [0.25, 0.3) is 0 Å². The molecule has 2 nitrogen and oxygen atoms in total. The summed E-state index contributed by atoms with van der Waals surface area (Å²) in [5.74, 6) is 1.55. The molecule has 1 aromatic rings. The van der Waals surface area contributed by atoms with Crippen molar-refractivity contribution in [1.82, 2.24) is 0 Å². The van der Waals surface area contributed by atoms with Gasteiger partial charge in [0.2, 0.25) is 0 Å². The van der Waals surface area contributed by atoms with Crippen molar-refractivity contribution in [2.75, 3.05) is 13.7 Å². The van der Waals surface area contributed by atoms with E-state index in [1.807, 2.05) is 24.3 Å². The van der Waals surface area contributed by atoms with Crippen LogP contribution in [-0.4, -0.2) is 13.7 Å². The quantitative estimate of drug-likeness (QED) is 0.701. The van der Waals surface area contributed by atoms with Gasteiger partial charge in [0.15, 0.2) is 0 Å². The van der Waals surface area contributed by atoms with Gasteiger partial charge >= 0.3 is 0 Å². The number of rotatable bonds is 7. The fourth-order valence-corrected chi connectivity index (χ4v) is 1.68. The highest BCUT2D eigenvalue weighted by Gasteiger charge is 2.01. The first kappa shape index (κ1) is 13.0. The van der Waals surface area contributed by atoms with Crippen LogP contribution in [0, 0.1) is 5.92 Å². The highest BCUT2D eigenvalue weighted by molar-refractivity contribution is 5.26. The van der Waals surface area contributed by atoms with Crippen molar-refractivity contribution in [2.45, 2.75) is 33.3 Å². The molecule has 2 heteroatoms.